The first-order chi connectivity index (χ1) is 8.09. The number of ether oxygens (including phenoxy) is 1. The topological polar surface area (TPSA) is 32.7 Å². The molecule has 1 saturated heterocycles. The van der Waals surface area contributed by atoms with Crippen LogP contribution in [0, 0.1) is 11.3 Å². The van der Waals surface area contributed by atoms with E-state index in [-0.39, 0.29) is 12.0 Å². The number of rotatable bonds is 7. The first-order valence-electron chi connectivity index (χ1n) is 6.97. The van der Waals surface area contributed by atoms with E-state index in [0.29, 0.717) is 5.92 Å². The quantitative estimate of drug-likeness (QED) is 0.743. The van der Waals surface area contributed by atoms with Crippen LogP contribution in [0.2, 0.25) is 0 Å². The van der Waals surface area contributed by atoms with Gasteiger partial charge < -0.3 is 14.7 Å². The fourth-order valence-corrected chi connectivity index (χ4v) is 2.92. The molecule has 0 saturated carbocycles. The summed E-state index contributed by atoms with van der Waals surface area (Å²) < 4.78 is 5.51. The summed E-state index contributed by atoms with van der Waals surface area (Å²) in [4.78, 5) is 2.37. The molecule has 1 aliphatic heterocycles. The lowest BCUT2D eigenvalue weighted by Gasteiger charge is -2.34. The molecule has 0 aromatic heterocycles. The predicted octanol–water partition coefficient (Wildman–Crippen LogP) is 2.14. The monoisotopic (exact) mass is 243 g/mol. The lowest BCUT2D eigenvalue weighted by Crippen LogP contribution is -2.39. The van der Waals surface area contributed by atoms with Gasteiger partial charge in [-0.2, -0.15) is 0 Å². The molecule has 17 heavy (non-hydrogen) atoms. The fraction of sp³-hybridized carbons (Fsp3) is 1.00. The van der Waals surface area contributed by atoms with Crippen LogP contribution in [0.5, 0.6) is 0 Å². The Balaban J connectivity index is 2.33. The van der Waals surface area contributed by atoms with Crippen molar-refractivity contribution in [2.75, 3.05) is 40.0 Å². The third-order valence-electron chi connectivity index (χ3n) is 3.71. The Morgan fingerprint density at radius 3 is 2.76 bits per heavy atom. The standard InChI is InChI=1S/C14H29NO2/c1-4-7-14(2,12-16)11-15(3)9-13-6-5-8-17-10-13/h13,16H,4-12H2,1-3H3. The van der Waals surface area contributed by atoms with Gasteiger partial charge in [-0.1, -0.05) is 20.3 Å². The summed E-state index contributed by atoms with van der Waals surface area (Å²) in [6, 6.07) is 0. The van der Waals surface area contributed by atoms with E-state index in [9.17, 15) is 5.11 Å². The van der Waals surface area contributed by atoms with Crippen molar-refractivity contribution in [1.82, 2.24) is 4.90 Å². The number of aliphatic hydroxyl groups is 1. The van der Waals surface area contributed by atoms with Crippen LogP contribution >= 0.6 is 0 Å². The minimum atomic E-state index is 0.0546. The van der Waals surface area contributed by atoms with Gasteiger partial charge in [-0.05, 0) is 32.2 Å². The molecular weight excluding hydrogens is 214 g/mol. The highest BCUT2D eigenvalue weighted by Gasteiger charge is 2.25. The lowest BCUT2D eigenvalue weighted by molar-refractivity contribution is 0.0289. The van der Waals surface area contributed by atoms with Crippen LogP contribution in [0.25, 0.3) is 0 Å². The number of hydrogen-bond donors (Lipinski definition) is 1. The number of nitrogens with zero attached hydrogens (tertiary/aromatic N) is 1. The van der Waals surface area contributed by atoms with Gasteiger partial charge in [0.1, 0.15) is 0 Å². The largest absolute Gasteiger partial charge is 0.396 e. The van der Waals surface area contributed by atoms with Crippen molar-refractivity contribution < 1.29 is 9.84 Å². The molecule has 1 fully saturated rings. The predicted molar refractivity (Wildman–Crippen MR) is 71.1 cm³/mol. The van der Waals surface area contributed by atoms with E-state index in [0.717, 1.165) is 39.1 Å². The lowest BCUT2D eigenvalue weighted by atomic mass is 9.85. The second-order valence-corrected chi connectivity index (χ2v) is 6.00. The fourth-order valence-electron chi connectivity index (χ4n) is 2.92. The zero-order valence-corrected chi connectivity index (χ0v) is 11.7. The highest BCUT2D eigenvalue weighted by Crippen LogP contribution is 2.24. The van der Waals surface area contributed by atoms with Crippen LogP contribution in [0.3, 0.4) is 0 Å². The maximum Gasteiger partial charge on any atom is 0.0506 e. The van der Waals surface area contributed by atoms with Crippen molar-refractivity contribution in [3.8, 4) is 0 Å². The molecule has 0 aromatic rings. The van der Waals surface area contributed by atoms with Crippen molar-refractivity contribution >= 4 is 0 Å². The Morgan fingerprint density at radius 2 is 2.24 bits per heavy atom. The molecule has 3 nitrogen and oxygen atoms in total. The summed E-state index contributed by atoms with van der Waals surface area (Å²) in [5.74, 6) is 0.679. The van der Waals surface area contributed by atoms with Crippen LogP contribution < -0.4 is 0 Å². The second-order valence-electron chi connectivity index (χ2n) is 6.00. The highest BCUT2D eigenvalue weighted by atomic mass is 16.5. The summed E-state index contributed by atoms with van der Waals surface area (Å²) in [6.45, 7) is 8.57. The van der Waals surface area contributed by atoms with E-state index in [4.69, 9.17) is 4.74 Å². The van der Waals surface area contributed by atoms with Crippen molar-refractivity contribution in [3.05, 3.63) is 0 Å². The summed E-state index contributed by atoms with van der Waals surface area (Å²) in [6.07, 6.45) is 4.71. The van der Waals surface area contributed by atoms with Gasteiger partial charge in [0.2, 0.25) is 0 Å². The smallest absolute Gasteiger partial charge is 0.0506 e. The van der Waals surface area contributed by atoms with E-state index < -0.39 is 0 Å². The molecule has 0 aromatic carbocycles. The van der Waals surface area contributed by atoms with Crippen molar-refractivity contribution in [2.24, 2.45) is 11.3 Å². The summed E-state index contributed by atoms with van der Waals surface area (Å²) in [5, 5.41) is 9.52. The third kappa shape index (κ3) is 5.36. The molecule has 1 heterocycles. The van der Waals surface area contributed by atoms with Crippen LogP contribution in [0.4, 0.5) is 0 Å². The summed E-state index contributed by atoms with van der Waals surface area (Å²) in [5.41, 5.74) is 0.0546. The highest BCUT2D eigenvalue weighted by molar-refractivity contribution is 4.78. The molecule has 0 amide bonds. The van der Waals surface area contributed by atoms with Crippen molar-refractivity contribution in [1.29, 1.82) is 0 Å². The van der Waals surface area contributed by atoms with Crippen molar-refractivity contribution in [3.63, 3.8) is 0 Å². The zero-order valence-electron chi connectivity index (χ0n) is 11.7. The third-order valence-corrected chi connectivity index (χ3v) is 3.71. The van der Waals surface area contributed by atoms with Gasteiger partial charge in [0.05, 0.1) is 6.61 Å². The molecule has 0 aliphatic carbocycles. The molecule has 3 heteroatoms. The van der Waals surface area contributed by atoms with E-state index in [1.807, 2.05) is 0 Å². The van der Waals surface area contributed by atoms with Gasteiger partial charge in [-0.25, -0.2) is 0 Å². The maximum absolute atomic E-state index is 9.52. The molecule has 1 rings (SSSR count). The van der Waals surface area contributed by atoms with E-state index in [2.05, 4.69) is 25.8 Å². The zero-order chi connectivity index (χ0) is 12.7. The minimum Gasteiger partial charge on any atom is -0.396 e. The maximum atomic E-state index is 9.52. The molecule has 0 spiro atoms. The van der Waals surface area contributed by atoms with Crippen molar-refractivity contribution in [2.45, 2.75) is 39.5 Å². The van der Waals surface area contributed by atoms with Gasteiger partial charge in [0, 0.05) is 31.7 Å². The first-order valence-corrected chi connectivity index (χ1v) is 6.97. The molecule has 0 radical (unpaired) electrons. The SMILES string of the molecule is CCCC(C)(CO)CN(C)CC1CCCOC1. The van der Waals surface area contributed by atoms with Gasteiger partial charge in [0.25, 0.3) is 0 Å². The molecular formula is C14H29NO2. The van der Waals surface area contributed by atoms with Crippen LogP contribution in [-0.4, -0.2) is 50.0 Å². The van der Waals surface area contributed by atoms with Gasteiger partial charge in [-0.15, -0.1) is 0 Å². The Morgan fingerprint density at radius 1 is 1.47 bits per heavy atom. The number of aliphatic hydroxyl groups excluding tert-OH is 1. The van der Waals surface area contributed by atoms with E-state index in [1.54, 1.807) is 0 Å². The van der Waals surface area contributed by atoms with Crippen LogP contribution in [0.15, 0.2) is 0 Å². The van der Waals surface area contributed by atoms with Crippen LogP contribution in [-0.2, 0) is 4.74 Å². The van der Waals surface area contributed by atoms with E-state index >= 15 is 0 Å². The van der Waals surface area contributed by atoms with Gasteiger partial charge >= 0.3 is 0 Å². The molecule has 2 atom stereocenters. The normalized spacial score (nSPS) is 24.9. The molecule has 102 valence electrons. The molecule has 2 unspecified atom stereocenters. The number of hydrogen-bond acceptors (Lipinski definition) is 3. The minimum absolute atomic E-state index is 0.0546. The summed E-state index contributed by atoms with van der Waals surface area (Å²) >= 11 is 0. The van der Waals surface area contributed by atoms with Gasteiger partial charge in [0.15, 0.2) is 0 Å². The van der Waals surface area contributed by atoms with E-state index in [1.165, 1.54) is 12.8 Å². The average Bonchev–Trinajstić information content (AvgIpc) is 2.30. The average molecular weight is 243 g/mol. The Kier molecular flexibility index (Phi) is 6.45. The first kappa shape index (κ1) is 14.9. The van der Waals surface area contributed by atoms with Crippen LogP contribution in [0.1, 0.15) is 39.5 Å². The summed E-state index contributed by atoms with van der Waals surface area (Å²) in [7, 11) is 2.16. The molecule has 0 bridgehead atoms. The molecule has 1 aliphatic rings. The Labute approximate surface area is 106 Å². The molecule has 1 N–H and O–H groups in total. The van der Waals surface area contributed by atoms with Gasteiger partial charge in [-0.3, -0.25) is 0 Å². The Bertz CT molecular complexity index is 204. The second kappa shape index (κ2) is 7.34. The Hall–Kier alpha value is -0.120.